The van der Waals surface area contributed by atoms with Crippen molar-refractivity contribution in [3.8, 4) is 0 Å². The average Bonchev–Trinajstić information content (AvgIpc) is 2.28. The number of aliphatic hydroxyl groups excluding tert-OH is 2. The summed E-state index contributed by atoms with van der Waals surface area (Å²) in [5.41, 5.74) is 1.39. The summed E-state index contributed by atoms with van der Waals surface area (Å²) in [5.74, 6) is 0.543. The Hall–Kier alpha value is -0.840. The summed E-state index contributed by atoms with van der Waals surface area (Å²) >= 11 is 4.02. The molecule has 0 heterocycles. The third-order valence-electron chi connectivity index (χ3n) is 2.60. The van der Waals surface area contributed by atoms with Crippen molar-refractivity contribution in [2.24, 2.45) is 0 Å². The highest BCUT2D eigenvalue weighted by atomic mass is 32.1. The van der Waals surface area contributed by atoms with Crippen LogP contribution < -0.4 is 0 Å². The van der Waals surface area contributed by atoms with Crippen LogP contribution in [0.5, 0.6) is 0 Å². The van der Waals surface area contributed by atoms with Crippen LogP contribution in [0.3, 0.4) is 0 Å². The van der Waals surface area contributed by atoms with Crippen molar-refractivity contribution >= 4 is 18.4 Å². The fraction of sp³-hybridized carbons (Fsp3) is 0.462. The number of carbonyl (C=O) groups excluding carboxylic acids is 1. The van der Waals surface area contributed by atoms with Gasteiger partial charge in [-0.15, -0.1) is 0 Å². The SMILES string of the molecule is CC(=O)Cc1ccccc1C(O)C(O)CCS. The van der Waals surface area contributed by atoms with Gasteiger partial charge in [-0.3, -0.25) is 4.79 Å². The van der Waals surface area contributed by atoms with Crippen LogP contribution >= 0.6 is 12.6 Å². The number of hydrogen-bond donors (Lipinski definition) is 3. The van der Waals surface area contributed by atoms with E-state index in [1.165, 1.54) is 6.92 Å². The van der Waals surface area contributed by atoms with Crippen LogP contribution in [-0.2, 0) is 11.2 Å². The number of rotatable bonds is 6. The van der Waals surface area contributed by atoms with Crippen LogP contribution in [-0.4, -0.2) is 27.9 Å². The Balaban J connectivity index is 2.91. The van der Waals surface area contributed by atoms with Crippen LogP contribution in [0.1, 0.15) is 30.6 Å². The number of ketones is 1. The molecule has 1 aromatic rings. The molecule has 1 rings (SSSR count). The van der Waals surface area contributed by atoms with Crippen LogP contribution in [0, 0.1) is 0 Å². The van der Waals surface area contributed by atoms with E-state index in [4.69, 9.17) is 0 Å². The van der Waals surface area contributed by atoms with Crippen LogP contribution in [0.4, 0.5) is 0 Å². The first-order valence-corrected chi connectivity index (χ1v) is 6.23. The van der Waals surface area contributed by atoms with Gasteiger partial charge >= 0.3 is 0 Å². The van der Waals surface area contributed by atoms with Crippen molar-refractivity contribution in [1.29, 1.82) is 0 Å². The molecule has 1 aromatic carbocycles. The lowest BCUT2D eigenvalue weighted by Gasteiger charge is -2.20. The maximum atomic E-state index is 11.1. The molecule has 17 heavy (non-hydrogen) atoms. The molecule has 0 aliphatic rings. The quantitative estimate of drug-likeness (QED) is 0.675. The van der Waals surface area contributed by atoms with Crippen molar-refractivity contribution < 1.29 is 15.0 Å². The minimum atomic E-state index is -0.960. The highest BCUT2D eigenvalue weighted by molar-refractivity contribution is 7.80. The van der Waals surface area contributed by atoms with Crippen molar-refractivity contribution in [3.05, 3.63) is 35.4 Å². The number of thiol groups is 1. The minimum Gasteiger partial charge on any atom is -0.390 e. The molecule has 0 saturated carbocycles. The van der Waals surface area contributed by atoms with E-state index in [1.54, 1.807) is 18.2 Å². The zero-order chi connectivity index (χ0) is 12.8. The van der Waals surface area contributed by atoms with Gasteiger partial charge in [0.2, 0.25) is 0 Å². The van der Waals surface area contributed by atoms with E-state index in [9.17, 15) is 15.0 Å². The number of hydrogen-bond acceptors (Lipinski definition) is 4. The fourth-order valence-electron chi connectivity index (χ4n) is 1.75. The van der Waals surface area contributed by atoms with E-state index in [-0.39, 0.29) is 12.2 Å². The van der Waals surface area contributed by atoms with Gasteiger partial charge in [-0.25, -0.2) is 0 Å². The normalized spacial score (nSPS) is 14.4. The number of benzene rings is 1. The smallest absolute Gasteiger partial charge is 0.134 e. The lowest BCUT2D eigenvalue weighted by molar-refractivity contribution is -0.116. The Morgan fingerprint density at radius 2 is 2.00 bits per heavy atom. The molecule has 94 valence electrons. The monoisotopic (exact) mass is 254 g/mol. The first-order chi connectivity index (χ1) is 8.06. The van der Waals surface area contributed by atoms with Gasteiger partial charge in [0.1, 0.15) is 11.9 Å². The largest absolute Gasteiger partial charge is 0.390 e. The van der Waals surface area contributed by atoms with Crippen LogP contribution in [0.25, 0.3) is 0 Å². The summed E-state index contributed by atoms with van der Waals surface area (Å²) in [5, 5.41) is 19.8. The molecule has 0 radical (unpaired) electrons. The van der Waals surface area contributed by atoms with E-state index in [0.717, 1.165) is 5.56 Å². The second-order valence-electron chi connectivity index (χ2n) is 4.10. The molecule has 0 aromatic heterocycles. The minimum absolute atomic E-state index is 0.0355. The van der Waals surface area contributed by atoms with Gasteiger partial charge in [-0.1, -0.05) is 24.3 Å². The Labute approximate surface area is 107 Å². The molecule has 0 aliphatic heterocycles. The standard InChI is InChI=1S/C13H18O3S/c1-9(14)8-10-4-2-3-5-11(10)13(16)12(15)6-7-17/h2-5,12-13,15-17H,6-8H2,1H3. The van der Waals surface area contributed by atoms with Crippen molar-refractivity contribution in [3.63, 3.8) is 0 Å². The van der Waals surface area contributed by atoms with Gasteiger partial charge in [0.25, 0.3) is 0 Å². The average molecular weight is 254 g/mol. The maximum Gasteiger partial charge on any atom is 0.134 e. The van der Waals surface area contributed by atoms with Gasteiger partial charge in [0.05, 0.1) is 6.10 Å². The van der Waals surface area contributed by atoms with Gasteiger partial charge in [-0.2, -0.15) is 12.6 Å². The molecule has 2 atom stereocenters. The van der Waals surface area contributed by atoms with Gasteiger partial charge in [-0.05, 0) is 30.2 Å². The van der Waals surface area contributed by atoms with Crippen molar-refractivity contribution in [2.75, 3.05) is 5.75 Å². The van der Waals surface area contributed by atoms with E-state index >= 15 is 0 Å². The van der Waals surface area contributed by atoms with E-state index in [0.29, 0.717) is 17.7 Å². The first-order valence-electron chi connectivity index (χ1n) is 5.60. The topological polar surface area (TPSA) is 57.5 Å². The maximum absolute atomic E-state index is 11.1. The lowest BCUT2D eigenvalue weighted by atomic mass is 9.95. The summed E-state index contributed by atoms with van der Waals surface area (Å²) in [4.78, 5) is 11.1. The van der Waals surface area contributed by atoms with Gasteiger partial charge in [0, 0.05) is 6.42 Å². The summed E-state index contributed by atoms with van der Waals surface area (Å²) in [6.45, 7) is 1.51. The summed E-state index contributed by atoms with van der Waals surface area (Å²) in [6, 6.07) is 7.15. The van der Waals surface area contributed by atoms with Gasteiger partial charge < -0.3 is 10.2 Å². The van der Waals surface area contributed by atoms with Crippen LogP contribution in [0.2, 0.25) is 0 Å². The van der Waals surface area contributed by atoms with Crippen molar-refractivity contribution in [1.82, 2.24) is 0 Å². The second-order valence-corrected chi connectivity index (χ2v) is 4.55. The van der Waals surface area contributed by atoms with Gasteiger partial charge in [0.15, 0.2) is 0 Å². The summed E-state index contributed by atoms with van der Waals surface area (Å²) < 4.78 is 0. The molecule has 0 bridgehead atoms. The van der Waals surface area contributed by atoms with Crippen LogP contribution in [0.15, 0.2) is 24.3 Å². The zero-order valence-corrected chi connectivity index (χ0v) is 10.7. The Kier molecular flexibility index (Phi) is 5.68. The zero-order valence-electron chi connectivity index (χ0n) is 9.84. The molecule has 0 spiro atoms. The second kappa shape index (κ2) is 6.79. The Morgan fingerprint density at radius 3 is 2.59 bits per heavy atom. The summed E-state index contributed by atoms with van der Waals surface area (Å²) in [7, 11) is 0. The highest BCUT2D eigenvalue weighted by Crippen LogP contribution is 2.23. The van der Waals surface area contributed by atoms with E-state index in [1.807, 2.05) is 6.07 Å². The predicted molar refractivity (Wildman–Crippen MR) is 70.3 cm³/mol. The first kappa shape index (κ1) is 14.2. The molecule has 4 heteroatoms. The number of Topliss-reactive ketones (excluding diaryl/α,β-unsaturated/α-hetero) is 1. The summed E-state index contributed by atoms with van der Waals surface area (Å²) in [6.07, 6.45) is -1.11. The molecule has 3 nitrogen and oxygen atoms in total. The number of carbonyl (C=O) groups is 1. The molecule has 0 saturated heterocycles. The van der Waals surface area contributed by atoms with E-state index in [2.05, 4.69) is 12.6 Å². The number of aliphatic hydroxyl groups is 2. The lowest BCUT2D eigenvalue weighted by Crippen LogP contribution is -2.20. The molecule has 0 aliphatic carbocycles. The highest BCUT2D eigenvalue weighted by Gasteiger charge is 2.20. The van der Waals surface area contributed by atoms with Crippen molar-refractivity contribution in [2.45, 2.75) is 32.0 Å². The van der Waals surface area contributed by atoms with E-state index < -0.39 is 12.2 Å². The molecule has 0 fully saturated rings. The fourth-order valence-corrected chi connectivity index (χ4v) is 2.01. The third-order valence-corrected chi connectivity index (χ3v) is 2.86. The molecule has 0 amide bonds. The molecular formula is C13H18O3S. The molecule has 2 unspecified atom stereocenters. The Morgan fingerprint density at radius 1 is 1.35 bits per heavy atom. The predicted octanol–water partition coefficient (Wildman–Crippen LogP) is 1.53. The molecule has 2 N–H and O–H groups in total. The molecular weight excluding hydrogens is 236 g/mol. The third kappa shape index (κ3) is 4.15. The Bertz CT molecular complexity index is 379.